The number of ether oxygens (including phenoxy) is 2. The molecule has 2 aromatic carbocycles. The van der Waals surface area contributed by atoms with Crippen LogP contribution in [0.5, 0.6) is 11.5 Å². The van der Waals surface area contributed by atoms with Crippen LogP contribution in [0.25, 0.3) is 6.08 Å². The van der Waals surface area contributed by atoms with Crippen LogP contribution < -0.4 is 20.5 Å². The number of hydrogen-bond acceptors (Lipinski definition) is 7. The van der Waals surface area contributed by atoms with Crippen molar-refractivity contribution < 1.29 is 24.0 Å². The molecule has 0 saturated heterocycles. The van der Waals surface area contributed by atoms with Gasteiger partial charge in [0.25, 0.3) is 11.6 Å². The summed E-state index contributed by atoms with van der Waals surface area (Å²) in [7, 11) is 0. The molecular weight excluding hydrogens is 446 g/mol. The number of thiophene rings is 1. The standard InChI is InChI=1S/C23H19N3O6S/c1-13-19(11-15-4-8-17-18(10-15)32-12-31-17)33-23(21(13)22(24)28)25-20(27)9-5-14-2-6-16(7-3-14)26(29)30/h2-10H,11-12H2,1H3,(H2,24,28)(H,25,27)/b9-5-. The van der Waals surface area contributed by atoms with Gasteiger partial charge in [-0.25, -0.2) is 0 Å². The Balaban J connectivity index is 1.51. The number of nitro benzene ring substituents is 1. The van der Waals surface area contributed by atoms with Crippen LogP contribution in [0.1, 0.15) is 31.9 Å². The van der Waals surface area contributed by atoms with Crippen LogP contribution in [0.15, 0.2) is 48.5 Å². The number of non-ortho nitro benzene ring substituents is 1. The van der Waals surface area contributed by atoms with Gasteiger partial charge in [-0.2, -0.15) is 0 Å². The predicted octanol–water partition coefficient (Wildman–Crippen LogP) is 4.04. The number of amides is 2. The quantitative estimate of drug-likeness (QED) is 0.307. The fourth-order valence-corrected chi connectivity index (χ4v) is 4.63. The van der Waals surface area contributed by atoms with E-state index in [2.05, 4.69) is 5.32 Å². The summed E-state index contributed by atoms with van der Waals surface area (Å²) in [6, 6.07) is 11.4. The van der Waals surface area contributed by atoms with Crippen molar-refractivity contribution >= 4 is 39.9 Å². The largest absolute Gasteiger partial charge is 0.454 e. The summed E-state index contributed by atoms with van der Waals surface area (Å²) >= 11 is 1.28. The molecule has 2 amide bonds. The zero-order valence-corrected chi connectivity index (χ0v) is 18.3. The summed E-state index contributed by atoms with van der Waals surface area (Å²) < 4.78 is 10.7. The van der Waals surface area contributed by atoms with Crippen molar-refractivity contribution in [2.75, 3.05) is 12.1 Å². The number of nitrogens with zero attached hydrogens (tertiary/aromatic N) is 1. The maximum atomic E-state index is 12.5. The average molecular weight is 465 g/mol. The molecule has 1 aliphatic heterocycles. The maximum absolute atomic E-state index is 12.5. The van der Waals surface area contributed by atoms with Gasteiger partial charge in [0.1, 0.15) is 5.00 Å². The van der Waals surface area contributed by atoms with Crippen molar-refractivity contribution in [1.82, 2.24) is 0 Å². The molecule has 1 aliphatic rings. The number of rotatable bonds is 7. The number of nitrogens with one attached hydrogen (secondary N) is 1. The van der Waals surface area contributed by atoms with Crippen molar-refractivity contribution in [1.29, 1.82) is 0 Å². The Kier molecular flexibility index (Phi) is 6.09. The van der Waals surface area contributed by atoms with Crippen LogP contribution in [-0.2, 0) is 11.2 Å². The number of carbonyl (C=O) groups is 2. The zero-order chi connectivity index (χ0) is 23.5. The summed E-state index contributed by atoms with van der Waals surface area (Å²) in [6.45, 7) is 1.98. The van der Waals surface area contributed by atoms with Gasteiger partial charge in [-0.05, 0) is 54.0 Å². The highest BCUT2D eigenvalue weighted by Crippen LogP contribution is 2.37. The summed E-state index contributed by atoms with van der Waals surface area (Å²) in [5.41, 5.74) is 8.12. The minimum atomic E-state index is -0.629. The number of nitrogens with two attached hydrogens (primary N) is 1. The Hall–Kier alpha value is -4.18. The summed E-state index contributed by atoms with van der Waals surface area (Å²) in [5.74, 6) is 0.274. The molecule has 0 bridgehead atoms. The van der Waals surface area contributed by atoms with E-state index >= 15 is 0 Å². The molecular formula is C23H19N3O6S. The molecule has 0 saturated carbocycles. The second-order valence-corrected chi connectivity index (χ2v) is 8.36. The molecule has 3 N–H and O–H groups in total. The lowest BCUT2D eigenvalue weighted by atomic mass is 10.1. The van der Waals surface area contributed by atoms with Gasteiger partial charge >= 0.3 is 0 Å². The van der Waals surface area contributed by atoms with Gasteiger partial charge in [-0.3, -0.25) is 19.7 Å². The maximum Gasteiger partial charge on any atom is 0.269 e. The van der Waals surface area contributed by atoms with Crippen molar-refractivity contribution in [2.24, 2.45) is 5.73 Å². The first-order chi connectivity index (χ1) is 15.8. The van der Waals surface area contributed by atoms with E-state index in [-0.39, 0.29) is 18.0 Å². The Morgan fingerprint density at radius 3 is 2.61 bits per heavy atom. The van der Waals surface area contributed by atoms with Gasteiger partial charge < -0.3 is 20.5 Å². The molecule has 9 nitrogen and oxygen atoms in total. The third kappa shape index (κ3) is 4.85. The van der Waals surface area contributed by atoms with Crippen LogP contribution in [0.2, 0.25) is 0 Å². The molecule has 10 heteroatoms. The number of hydrogen-bond donors (Lipinski definition) is 2. The molecule has 2 heterocycles. The number of nitro groups is 1. The van der Waals surface area contributed by atoms with Gasteiger partial charge in [0, 0.05) is 29.5 Å². The lowest BCUT2D eigenvalue weighted by molar-refractivity contribution is -0.384. The van der Waals surface area contributed by atoms with Gasteiger partial charge in [0.05, 0.1) is 10.5 Å². The number of benzene rings is 2. The number of carbonyl (C=O) groups excluding carboxylic acids is 2. The smallest absolute Gasteiger partial charge is 0.269 e. The first kappa shape index (κ1) is 22.0. The Morgan fingerprint density at radius 1 is 1.18 bits per heavy atom. The van der Waals surface area contributed by atoms with Crippen molar-refractivity contribution in [3.05, 3.63) is 85.8 Å². The highest BCUT2D eigenvalue weighted by Gasteiger charge is 2.21. The third-order valence-corrected chi connectivity index (χ3v) is 6.27. The second kappa shape index (κ2) is 9.13. The highest BCUT2D eigenvalue weighted by molar-refractivity contribution is 7.17. The van der Waals surface area contributed by atoms with E-state index in [9.17, 15) is 19.7 Å². The molecule has 0 radical (unpaired) electrons. The molecule has 0 spiro atoms. The number of fused-ring (bicyclic) bond motifs is 1. The van der Waals surface area contributed by atoms with E-state index in [4.69, 9.17) is 15.2 Å². The first-order valence-corrected chi connectivity index (χ1v) is 10.7. The molecule has 0 fully saturated rings. The lowest BCUT2D eigenvalue weighted by Crippen LogP contribution is -2.16. The fraction of sp³-hybridized carbons (Fsp3) is 0.130. The van der Waals surface area contributed by atoms with E-state index in [1.165, 1.54) is 47.8 Å². The number of primary amides is 1. The molecule has 0 unspecified atom stereocenters. The molecule has 1 aromatic heterocycles. The Morgan fingerprint density at radius 2 is 1.91 bits per heavy atom. The second-order valence-electron chi connectivity index (χ2n) is 7.25. The van der Waals surface area contributed by atoms with Crippen LogP contribution >= 0.6 is 11.3 Å². The minimum Gasteiger partial charge on any atom is -0.454 e. The zero-order valence-electron chi connectivity index (χ0n) is 17.5. The summed E-state index contributed by atoms with van der Waals surface area (Å²) in [6.07, 6.45) is 3.34. The first-order valence-electron chi connectivity index (χ1n) is 9.86. The molecule has 168 valence electrons. The monoisotopic (exact) mass is 465 g/mol. The van der Waals surface area contributed by atoms with Gasteiger partial charge in [-0.15, -0.1) is 11.3 Å². The van der Waals surface area contributed by atoms with E-state index in [0.717, 1.165) is 10.4 Å². The molecule has 0 atom stereocenters. The minimum absolute atomic E-state index is 0.0354. The molecule has 3 aromatic rings. The van der Waals surface area contributed by atoms with E-state index in [1.807, 2.05) is 18.2 Å². The highest BCUT2D eigenvalue weighted by atomic mass is 32.1. The van der Waals surface area contributed by atoms with Gasteiger partial charge in [0.15, 0.2) is 11.5 Å². The molecule has 33 heavy (non-hydrogen) atoms. The average Bonchev–Trinajstić information content (AvgIpc) is 3.36. The topological polar surface area (TPSA) is 134 Å². The molecule has 4 rings (SSSR count). The number of anilines is 1. The lowest BCUT2D eigenvalue weighted by Gasteiger charge is -2.03. The Labute approximate surface area is 192 Å². The summed E-state index contributed by atoms with van der Waals surface area (Å²) in [5, 5.41) is 13.8. The van der Waals surface area contributed by atoms with Gasteiger partial charge in [-0.1, -0.05) is 6.07 Å². The Bertz CT molecular complexity index is 1280. The van der Waals surface area contributed by atoms with E-state index in [1.54, 1.807) is 6.92 Å². The van der Waals surface area contributed by atoms with Crippen LogP contribution in [-0.4, -0.2) is 23.5 Å². The third-order valence-electron chi connectivity index (χ3n) is 5.06. The van der Waals surface area contributed by atoms with Crippen LogP contribution in [0, 0.1) is 17.0 Å². The van der Waals surface area contributed by atoms with Crippen molar-refractivity contribution in [2.45, 2.75) is 13.3 Å². The SMILES string of the molecule is Cc1c(Cc2ccc3c(c2)OCO3)sc(NC(=O)/C=C\c2ccc([N+](=O)[O-])cc2)c1C(N)=O. The van der Waals surface area contributed by atoms with Crippen LogP contribution in [0.4, 0.5) is 10.7 Å². The van der Waals surface area contributed by atoms with Crippen molar-refractivity contribution in [3.63, 3.8) is 0 Å². The summed E-state index contributed by atoms with van der Waals surface area (Å²) in [4.78, 5) is 35.7. The van der Waals surface area contributed by atoms with Gasteiger partial charge in [0.2, 0.25) is 12.7 Å². The van der Waals surface area contributed by atoms with E-state index < -0.39 is 16.7 Å². The van der Waals surface area contributed by atoms with Crippen LogP contribution in [0.3, 0.4) is 0 Å². The predicted molar refractivity (Wildman–Crippen MR) is 124 cm³/mol. The van der Waals surface area contributed by atoms with E-state index in [0.29, 0.717) is 34.0 Å². The van der Waals surface area contributed by atoms with Crippen molar-refractivity contribution in [3.8, 4) is 11.5 Å². The normalized spacial score (nSPS) is 12.2. The fourth-order valence-electron chi connectivity index (χ4n) is 3.38. The molecule has 0 aliphatic carbocycles.